The van der Waals surface area contributed by atoms with Gasteiger partial charge in [-0.1, -0.05) is 19.3 Å². The van der Waals surface area contributed by atoms with Crippen LogP contribution < -0.4 is 11.1 Å². The minimum Gasteiger partial charge on any atom is -0.379 e. The van der Waals surface area contributed by atoms with Gasteiger partial charge in [0.15, 0.2) is 0 Å². The lowest BCUT2D eigenvalue weighted by molar-refractivity contribution is -0.126. The molecule has 84 valence electrons. The second kappa shape index (κ2) is 5.15. The largest absolute Gasteiger partial charge is 0.379 e. The highest BCUT2D eigenvalue weighted by Gasteiger charge is 2.38. The van der Waals surface area contributed by atoms with E-state index in [1.807, 2.05) is 6.92 Å². The molecule has 3 N–H and O–H groups in total. The summed E-state index contributed by atoms with van der Waals surface area (Å²) in [7, 11) is 0. The van der Waals surface area contributed by atoms with E-state index in [4.69, 9.17) is 16.9 Å². The number of carbonyl (C=O) groups is 1. The fourth-order valence-corrected chi connectivity index (χ4v) is 1.55. The first-order valence-electron chi connectivity index (χ1n) is 5.26. The summed E-state index contributed by atoms with van der Waals surface area (Å²) < 4.78 is 5.12. The lowest BCUT2D eigenvalue weighted by Gasteiger charge is -2.23. The van der Waals surface area contributed by atoms with Crippen LogP contribution in [-0.2, 0) is 9.53 Å². The van der Waals surface area contributed by atoms with Gasteiger partial charge < -0.3 is 15.8 Å². The Kier molecular flexibility index (Phi) is 4.13. The number of terminal acetylenes is 1. The maximum Gasteiger partial charge on any atom is 0.243 e. The van der Waals surface area contributed by atoms with Crippen LogP contribution in [0.3, 0.4) is 0 Å². The molecule has 15 heavy (non-hydrogen) atoms. The molecule has 1 saturated heterocycles. The first kappa shape index (κ1) is 12.0. The van der Waals surface area contributed by atoms with Gasteiger partial charge in [0.25, 0.3) is 0 Å². The number of carbonyl (C=O) groups excluding carboxylic acids is 1. The molecule has 0 spiro atoms. The van der Waals surface area contributed by atoms with Crippen molar-refractivity contribution in [2.75, 3.05) is 13.2 Å². The molecule has 1 aliphatic heterocycles. The molecule has 2 atom stereocenters. The number of amides is 1. The summed E-state index contributed by atoms with van der Waals surface area (Å²) in [6.07, 6.45) is 7.58. The van der Waals surface area contributed by atoms with Gasteiger partial charge in [-0.25, -0.2) is 0 Å². The summed E-state index contributed by atoms with van der Waals surface area (Å²) in [6.45, 7) is 2.84. The molecule has 1 fully saturated rings. The van der Waals surface area contributed by atoms with Gasteiger partial charge >= 0.3 is 0 Å². The van der Waals surface area contributed by atoms with Crippen molar-refractivity contribution >= 4 is 5.91 Å². The Labute approximate surface area is 90.5 Å². The van der Waals surface area contributed by atoms with E-state index >= 15 is 0 Å². The predicted octanol–water partition coefficient (Wildman–Crippen LogP) is 0.0223. The number of nitrogens with one attached hydrogen (secondary N) is 1. The highest BCUT2D eigenvalue weighted by Crippen LogP contribution is 2.15. The van der Waals surface area contributed by atoms with Crippen LogP contribution in [0, 0.1) is 12.3 Å². The van der Waals surface area contributed by atoms with E-state index in [2.05, 4.69) is 11.2 Å². The minimum atomic E-state index is -0.886. The first-order valence-corrected chi connectivity index (χ1v) is 5.26. The van der Waals surface area contributed by atoms with Crippen LogP contribution in [0.15, 0.2) is 0 Å². The van der Waals surface area contributed by atoms with Crippen LogP contribution >= 0.6 is 0 Å². The Hall–Kier alpha value is -1.05. The van der Waals surface area contributed by atoms with Crippen LogP contribution in [0.2, 0.25) is 0 Å². The lowest BCUT2D eigenvalue weighted by Crippen LogP contribution is -2.56. The van der Waals surface area contributed by atoms with Crippen molar-refractivity contribution in [3.63, 3.8) is 0 Å². The lowest BCUT2D eigenvalue weighted by atomic mass is 9.98. The van der Waals surface area contributed by atoms with Crippen LogP contribution in [0.1, 0.15) is 26.2 Å². The summed E-state index contributed by atoms with van der Waals surface area (Å²) in [5.41, 5.74) is 5.01. The van der Waals surface area contributed by atoms with Gasteiger partial charge in [0.05, 0.1) is 12.6 Å². The number of hydrogen-bond acceptors (Lipinski definition) is 3. The van der Waals surface area contributed by atoms with E-state index in [-0.39, 0.29) is 18.6 Å². The molecule has 1 heterocycles. The first-order chi connectivity index (χ1) is 7.12. The third kappa shape index (κ3) is 2.95. The molecule has 0 aromatic rings. The zero-order valence-corrected chi connectivity index (χ0v) is 9.08. The number of ether oxygens (including phenoxy) is 1. The van der Waals surface area contributed by atoms with Crippen molar-refractivity contribution in [2.45, 2.75) is 37.8 Å². The highest BCUT2D eigenvalue weighted by atomic mass is 16.5. The molecule has 0 radical (unpaired) electrons. The number of rotatable bonds is 4. The van der Waals surface area contributed by atoms with Crippen LogP contribution in [0.5, 0.6) is 0 Å². The molecule has 0 bridgehead atoms. The zero-order valence-electron chi connectivity index (χ0n) is 9.08. The Morgan fingerprint density at radius 1 is 1.80 bits per heavy atom. The maximum absolute atomic E-state index is 11.8. The minimum absolute atomic E-state index is 0.198. The normalized spacial score (nSPS) is 27.0. The summed E-state index contributed by atoms with van der Waals surface area (Å²) in [5, 5.41) is 2.77. The van der Waals surface area contributed by atoms with Crippen LogP contribution in [0.4, 0.5) is 0 Å². The second-order valence-corrected chi connectivity index (χ2v) is 3.94. The third-order valence-corrected chi connectivity index (χ3v) is 2.59. The van der Waals surface area contributed by atoms with Crippen molar-refractivity contribution in [1.29, 1.82) is 0 Å². The van der Waals surface area contributed by atoms with Crippen molar-refractivity contribution in [3.05, 3.63) is 0 Å². The Balaban J connectivity index is 2.50. The Bertz CT molecular complexity index is 264. The highest BCUT2D eigenvalue weighted by molar-refractivity contribution is 5.87. The SMILES string of the molecule is C#CC(CCC)NC(=O)C1(N)CCOC1. The monoisotopic (exact) mass is 210 g/mol. The van der Waals surface area contributed by atoms with E-state index in [9.17, 15) is 4.79 Å². The molecular weight excluding hydrogens is 192 g/mol. The van der Waals surface area contributed by atoms with Crippen molar-refractivity contribution in [1.82, 2.24) is 5.32 Å². The summed E-state index contributed by atoms with van der Waals surface area (Å²) >= 11 is 0. The van der Waals surface area contributed by atoms with Gasteiger partial charge in [0.1, 0.15) is 5.54 Å². The quantitative estimate of drug-likeness (QED) is 0.643. The Morgan fingerprint density at radius 2 is 2.53 bits per heavy atom. The molecule has 2 unspecified atom stereocenters. The van der Waals surface area contributed by atoms with Crippen molar-refractivity contribution in [3.8, 4) is 12.3 Å². The number of hydrogen-bond donors (Lipinski definition) is 2. The molecule has 4 heteroatoms. The molecule has 0 aromatic carbocycles. The fraction of sp³-hybridized carbons (Fsp3) is 0.727. The molecule has 1 rings (SSSR count). The third-order valence-electron chi connectivity index (χ3n) is 2.59. The number of nitrogens with two attached hydrogens (primary N) is 1. The van der Waals surface area contributed by atoms with E-state index in [0.717, 1.165) is 12.8 Å². The molecule has 0 aromatic heterocycles. The van der Waals surface area contributed by atoms with Gasteiger partial charge in [0.2, 0.25) is 5.91 Å². The predicted molar refractivity (Wildman–Crippen MR) is 58.0 cm³/mol. The molecule has 0 saturated carbocycles. The molecular formula is C11H18N2O2. The standard InChI is InChI=1S/C11H18N2O2/c1-3-5-9(4-2)13-10(14)11(12)6-7-15-8-11/h2,9H,3,5-8,12H2,1H3,(H,13,14). The van der Waals surface area contributed by atoms with Gasteiger partial charge in [-0.2, -0.15) is 0 Å². The molecule has 4 nitrogen and oxygen atoms in total. The average Bonchev–Trinajstić information content (AvgIpc) is 2.65. The maximum atomic E-state index is 11.8. The van der Waals surface area contributed by atoms with Gasteiger partial charge in [-0.3, -0.25) is 4.79 Å². The summed E-state index contributed by atoms with van der Waals surface area (Å²) in [5.74, 6) is 2.35. The molecule has 1 aliphatic rings. The van der Waals surface area contributed by atoms with Gasteiger partial charge in [0, 0.05) is 6.61 Å². The van der Waals surface area contributed by atoms with E-state index in [0.29, 0.717) is 13.0 Å². The average molecular weight is 210 g/mol. The van der Waals surface area contributed by atoms with E-state index < -0.39 is 5.54 Å². The van der Waals surface area contributed by atoms with Gasteiger partial charge in [-0.05, 0) is 12.8 Å². The van der Waals surface area contributed by atoms with Crippen LogP contribution in [0.25, 0.3) is 0 Å². The van der Waals surface area contributed by atoms with E-state index in [1.54, 1.807) is 0 Å². The second-order valence-electron chi connectivity index (χ2n) is 3.94. The van der Waals surface area contributed by atoms with Crippen LogP contribution in [-0.4, -0.2) is 30.7 Å². The smallest absolute Gasteiger partial charge is 0.243 e. The fourth-order valence-electron chi connectivity index (χ4n) is 1.55. The zero-order chi connectivity index (χ0) is 11.3. The topological polar surface area (TPSA) is 64.4 Å². The summed E-state index contributed by atoms with van der Waals surface area (Å²) in [6, 6.07) is -0.219. The Morgan fingerprint density at radius 3 is 3.00 bits per heavy atom. The van der Waals surface area contributed by atoms with Gasteiger partial charge in [-0.15, -0.1) is 6.42 Å². The van der Waals surface area contributed by atoms with Crippen molar-refractivity contribution in [2.24, 2.45) is 5.73 Å². The van der Waals surface area contributed by atoms with E-state index in [1.165, 1.54) is 0 Å². The van der Waals surface area contributed by atoms with Crippen molar-refractivity contribution < 1.29 is 9.53 Å². The molecule has 1 amide bonds. The summed E-state index contributed by atoms with van der Waals surface area (Å²) in [4.78, 5) is 11.8. The molecule has 0 aliphatic carbocycles.